The van der Waals surface area contributed by atoms with E-state index in [-0.39, 0.29) is 11.7 Å². The lowest BCUT2D eigenvalue weighted by Crippen LogP contribution is -2.50. The van der Waals surface area contributed by atoms with E-state index in [4.69, 9.17) is 14.2 Å². The molecule has 0 radical (unpaired) electrons. The van der Waals surface area contributed by atoms with Gasteiger partial charge in [-0.15, -0.1) is 0 Å². The first-order chi connectivity index (χ1) is 13.6. The van der Waals surface area contributed by atoms with Crippen molar-refractivity contribution in [2.45, 2.75) is 38.5 Å². The zero-order chi connectivity index (χ0) is 22.0. The smallest absolute Gasteiger partial charge is 0.371 e. The van der Waals surface area contributed by atoms with Crippen LogP contribution in [0.15, 0.2) is 30.3 Å². The van der Waals surface area contributed by atoms with Crippen LogP contribution in [0.25, 0.3) is 0 Å². The molecule has 10 heteroatoms. The van der Waals surface area contributed by atoms with Crippen molar-refractivity contribution in [2.75, 3.05) is 12.5 Å². The molecule has 1 N–H and O–H groups in total. The van der Waals surface area contributed by atoms with Gasteiger partial charge in [0.05, 0.1) is 10.7 Å². The Balaban J connectivity index is 2.56. The van der Waals surface area contributed by atoms with Crippen molar-refractivity contribution in [3.05, 3.63) is 30.3 Å². The van der Waals surface area contributed by atoms with Gasteiger partial charge in [0.25, 0.3) is 0 Å². The molecule has 0 saturated heterocycles. The largest absolute Gasteiger partial charge is 0.428 e. The Kier molecular flexibility index (Phi) is 10.0. The summed E-state index contributed by atoms with van der Waals surface area (Å²) in [5.74, 6) is -1.77. The molecule has 1 aromatic rings. The molecule has 0 saturated carbocycles. The molecule has 29 heavy (non-hydrogen) atoms. The Hall–Kier alpha value is -2.20. The average Bonchev–Trinajstić information content (AvgIpc) is 2.65. The maximum atomic E-state index is 12.5. The van der Waals surface area contributed by atoms with Gasteiger partial charge >= 0.3 is 17.2 Å². The predicted octanol–water partition coefficient (Wildman–Crippen LogP) is 2.81. The van der Waals surface area contributed by atoms with Crippen LogP contribution in [0.3, 0.4) is 0 Å². The number of benzene rings is 1. The molecule has 1 amide bonds. The molecule has 0 spiro atoms. The second-order valence-electron chi connectivity index (χ2n) is 6.69. The molecule has 1 rings (SSSR count). The van der Waals surface area contributed by atoms with E-state index in [0.29, 0.717) is 17.5 Å². The highest BCUT2D eigenvalue weighted by Gasteiger charge is 2.35. The molecule has 1 atom stereocenters. The van der Waals surface area contributed by atoms with Crippen molar-refractivity contribution in [3.63, 3.8) is 0 Å². The van der Waals surface area contributed by atoms with Crippen molar-refractivity contribution < 1.29 is 33.4 Å². The SMILES string of the molecule is CC(C)C(=O)OCOC(=O)SC(C)(C)C(=O)N[C@@H](CS)C(=O)Oc1ccccc1. The molecule has 0 fully saturated rings. The molecule has 0 bridgehead atoms. The molecule has 0 aliphatic carbocycles. The summed E-state index contributed by atoms with van der Waals surface area (Å²) in [5, 5.41) is 1.72. The fourth-order valence-electron chi connectivity index (χ4n) is 1.77. The van der Waals surface area contributed by atoms with Crippen LogP contribution in [-0.4, -0.2) is 46.5 Å². The third kappa shape index (κ3) is 8.78. The van der Waals surface area contributed by atoms with E-state index in [0.717, 1.165) is 0 Å². The highest BCUT2D eigenvalue weighted by Crippen LogP contribution is 2.27. The number of carbonyl (C=O) groups is 4. The van der Waals surface area contributed by atoms with Gasteiger partial charge in [-0.2, -0.15) is 12.6 Å². The van der Waals surface area contributed by atoms with Crippen molar-refractivity contribution in [2.24, 2.45) is 5.92 Å². The fraction of sp³-hybridized carbons (Fsp3) is 0.474. The van der Waals surface area contributed by atoms with Crippen LogP contribution in [0.5, 0.6) is 5.75 Å². The normalized spacial score (nSPS) is 12.1. The van der Waals surface area contributed by atoms with Crippen LogP contribution in [0, 0.1) is 5.92 Å². The van der Waals surface area contributed by atoms with Gasteiger partial charge in [-0.05, 0) is 37.7 Å². The van der Waals surface area contributed by atoms with Gasteiger partial charge in [0.2, 0.25) is 12.7 Å². The number of amides is 1. The van der Waals surface area contributed by atoms with Crippen molar-refractivity contribution in [1.82, 2.24) is 5.32 Å². The molecule has 8 nitrogen and oxygen atoms in total. The van der Waals surface area contributed by atoms with Crippen LogP contribution in [0.1, 0.15) is 27.7 Å². The van der Waals surface area contributed by atoms with Gasteiger partial charge < -0.3 is 19.5 Å². The van der Waals surface area contributed by atoms with Gasteiger partial charge in [-0.1, -0.05) is 32.0 Å². The van der Waals surface area contributed by atoms with Gasteiger partial charge in [0.1, 0.15) is 11.8 Å². The van der Waals surface area contributed by atoms with E-state index in [2.05, 4.69) is 17.9 Å². The van der Waals surface area contributed by atoms with Gasteiger partial charge in [-0.25, -0.2) is 9.59 Å². The van der Waals surface area contributed by atoms with Crippen molar-refractivity contribution in [3.8, 4) is 5.75 Å². The van der Waals surface area contributed by atoms with Crippen LogP contribution < -0.4 is 10.1 Å². The van der Waals surface area contributed by atoms with Crippen LogP contribution >= 0.6 is 24.4 Å². The number of nitrogens with one attached hydrogen (secondary N) is 1. The molecule has 1 aromatic carbocycles. The van der Waals surface area contributed by atoms with E-state index in [1.54, 1.807) is 44.2 Å². The van der Waals surface area contributed by atoms with E-state index in [1.165, 1.54) is 13.8 Å². The maximum Gasteiger partial charge on any atom is 0.371 e. The summed E-state index contributed by atoms with van der Waals surface area (Å²) in [6, 6.07) is 7.40. The van der Waals surface area contributed by atoms with Crippen molar-refractivity contribution >= 4 is 47.5 Å². The summed E-state index contributed by atoms with van der Waals surface area (Å²) in [5.41, 5.74) is 0. The van der Waals surface area contributed by atoms with Gasteiger partial charge in [0.15, 0.2) is 0 Å². The van der Waals surface area contributed by atoms with Crippen LogP contribution in [-0.2, 0) is 23.9 Å². The lowest BCUT2D eigenvalue weighted by molar-refractivity contribution is -0.155. The Morgan fingerprint density at radius 1 is 1.07 bits per heavy atom. The Morgan fingerprint density at radius 3 is 2.24 bits per heavy atom. The number of esters is 2. The lowest BCUT2D eigenvalue weighted by Gasteiger charge is -2.24. The van der Waals surface area contributed by atoms with Gasteiger partial charge in [0, 0.05) is 5.75 Å². The van der Waals surface area contributed by atoms with E-state index in [9.17, 15) is 19.2 Å². The molecular formula is C19H25NO7S2. The monoisotopic (exact) mass is 443 g/mol. The summed E-state index contributed by atoms with van der Waals surface area (Å²) in [4.78, 5) is 48.0. The molecule has 0 aliphatic heterocycles. The molecule has 0 heterocycles. The zero-order valence-electron chi connectivity index (χ0n) is 16.7. The number of ether oxygens (including phenoxy) is 3. The molecular weight excluding hydrogens is 418 g/mol. The van der Waals surface area contributed by atoms with Crippen LogP contribution in [0.2, 0.25) is 0 Å². The average molecular weight is 444 g/mol. The third-order valence-electron chi connectivity index (χ3n) is 3.47. The fourth-order valence-corrected chi connectivity index (χ4v) is 2.69. The standard InChI is InChI=1S/C19H25NO7S2/c1-12(2)15(21)25-11-26-18(24)29-19(3,4)17(23)20-14(10-28)16(22)27-13-8-6-5-7-9-13/h5-9,12,14,28H,10-11H2,1-4H3,(H,20,23)/t14-/m0/s1. The van der Waals surface area contributed by atoms with Crippen LogP contribution in [0.4, 0.5) is 4.79 Å². The minimum absolute atomic E-state index is 0.00769. The first-order valence-electron chi connectivity index (χ1n) is 8.77. The molecule has 0 aromatic heterocycles. The summed E-state index contributed by atoms with van der Waals surface area (Å²) in [7, 11) is 0. The van der Waals surface area contributed by atoms with Crippen molar-refractivity contribution in [1.29, 1.82) is 0 Å². The Labute approximate surface area is 179 Å². The van der Waals surface area contributed by atoms with E-state index < -0.39 is 40.7 Å². The first-order valence-corrected chi connectivity index (χ1v) is 10.2. The highest BCUT2D eigenvalue weighted by molar-refractivity contribution is 8.15. The molecule has 0 unspecified atom stereocenters. The number of thioether (sulfide) groups is 1. The van der Waals surface area contributed by atoms with Gasteiger partial charge in [-0.3, -0.25) is 9.59 Å². The number of carbonyl (C=O) groups excluding carboxylic acids is 4. The summed E-state index contributed by atoms with van der Waals surface area (Å²) < 4.78 is 13.5. The highest BCUT2D eigenvalue weighted by atomic mass is 32.2. The molecule has 0 aliphatic rings. The minimum Gasteiger partial charge on any atom is -0.428 e. The summed E-state index contributed by atoms with van der Waals surface area (Å²) in [6.45, 7) is 5.74. The zero-order valence-corrected chi connectivity index (χ0v) is 18.4. The maximum absolute atomic E-state index is 12.5. The molecule has 160 valence electrons. The lowest BCUT2D eigenvalue weighted by atomic mass is 10.2. The second-order valence-corrected chi connectivity index (χ2v) is 8.61. The number of hydrogen-bond acceptors (Lipinski definition) is 9. The Bertz CT molecular complexity index is 723. The minimum atomic E-state index is -1.26. The second kappa shape index (κ2) is 11.7. The summed E-state index contributed by atoms with van der Waals surface area (Å²) in [6.07, 6.45) is 0. The van der Waals surface area contributed by atoms with E-state index >= 15 is 0 Å². The summed E-state index contributed by atoms with van der Waals surface area (Å²) >= 11 is 4.68. The predicted molar refractivity (Wildman–Crippen MR) is 112 cm³/mol. The van der Waals surface area contributed by atoms with E-state index in [1.807, 2.05) is 0 Å². The number of thiol groups is 1. The third-order valence-corrected chi connectivity index (χ3v) is 4.81. The first kappa shape index (κ1) is 24.8. The number of hydrogen-bond donors (Lipinski definition) is 2. The quantitative estimate of drug-likeness (QED) is 0.260. The number of rotatable bonds is 9. The topological polar surface area (TPSA) is 108 Å². The number of para-hydroxylation sites is 1. The Morgan fingerprint density at radius 2 is 1.69 bits per heavy atom.